The van der Waals surface area contributed by atoms with Gasteiger partial charge in [-0.05, 0) is 12.1 Å². The normalized spacial score (nSPS) is 11.0. The lowest BCUT2D eigenvalue weighted by atomic mass is 10.2. The third-order valence-corrected chi connectivity index (χ3v) is 4.19. The Labute approximate surface area is 136 Å². The number of benzene rings is 1. The second kappa shape index (κ2) is 6.39. The van der Waals surface area contributed by atoms with E-state index in [4.69, 9.17) is 18.9 Å². The number of fused-ring (bicyclic) bond motifs is 1. The first-order valence-electron chi connectivity index (χ1n) is 6.72. The molecule has 0 amide bonds. The Morgan fingerprint density at radius 2 is 1.70 bits per heavy atom. The Kier molecular flexibility index (Phi) is 4.30. The van der Waals surface area contributed by atoms with Crippen molar-refractivity contribution in [2.45, 2.75) is 6.61 Å². The van der Waals surface area contributed by atoms with E-state index in [2.05, 4.69) is 15.3 Å². The predicted octanol–water partition coefficient (Wildman–Crippen LogP) is 2.03. The molecule has 0 saturated heterocycles. The van der Waals surface area contributed by atoms with Gasteiger partial charge in [-0.25, -0.2) is 0 Å². The van der Waals surface area contributed by atoms with Crippen LogP contribution in [0.25, 0.3) is 15.5 Å². The molecule has 8 nitrogen and oxygen atoms in total. The van der Waals surface area contributed by atoms with E-state index in [-0.39, 0.29) is 0 Å². The monoisotopic (exact) mass is 336 g/mol. The first-order valence-corrected chi connectivity index (χ1v) is 7.54. The van der Waals surface area contributed by atoms with E-state index in [1.807, 2.05) is 12.1 Å². The van der Waals surface area contributed by atoms with Gasteiger partial charge in [0.1, 0.15) is 11.6 Å². The number of aromatic nitrogens is 4. The van der Waals surface area contributed by atoms with Crippen molar-refractivity contribution in [3.05, 3.63) is 18.0 Å². The predicted molar refractivity (Wildman–Crippen MR) is 84.5 cm³/mol. The van der Waals surface area contributed by atoms with Crippen LogP contribution in [0.2, 0.25) is 0 Å². The summed E-state index contributed by atoms with van der Waals surface area (Å²) >= 11 is 1.42. The molecule has 9 heteroatoms. The first kappa shape index (κ1) is 15.5. The van der Waals surface area contributed by atoms with Crippen LogP contribution in [0.4, 0.5) is 0 Å². The number of methoxy groups -OCH3 is 4. The lowest BCUT2D eigenvalue weighted by molar-refractivity contribution is 0.176. The Balaban J connectivity index is 2.10. The molecular formula is C14H16N4O4S. The van der Waals surface area contributed by atoms with Gasteiger partial charge in [-0.1, -0.05) is 11.3 Å². The van der Waals surface area contributed by atoms with Gasteiger partial charge in [-0.15, -0.1) is 10.2 Å². The molecule has 0 atom stereocenters. The number of ether oxygens (including phenoxy) is 4. The van der Waals surface area contributed by atoms with Crippen LogP contribution in [0.3, 0.4) is 0 Å². The molecule has 0 saturated carbocycles. The van der Waals surface area contributed by atoms with Crippen molar-refractivity contribution in [3.63, 3.8) is 0 Å². The summed E-state index contributed by atoms with van der Waals surface area (Å²) in [4.78, 5) is 0.695. The third kappa shape index (κ3) is 2.68. The van der Waals surface area contributed by atoms with Gasteiger partial charge in [-0.3, -0.25) is 0 Å². The van der Waals surface area contributed by atoms with Gasteiger partial charge in [0, 0.05) is 12.7 Å². The summed E-state index contributed by atoms with van der Waals surface area (Å²) in [6, 6.07) is 3.70. The van der Waals surface area contributed by atoms with Gasteiger partial charge in [-0.2, -0.15) is 9.61 Å². The van der Waals surface area contributed by atoms with Gasteiger partial charge in [0.2, 0.25) is 10.7 Å². The minimum atomic E-state index is 0.347. The molecule has 2 heterocycles. The van der Waals surface area contributed by atoms with E-state index in [0.29, 0.717) is 34.6 Å². The largest absolute Gasteiger partial charge is 0.493 e. The molecule has 3 rings (SSSR count). The minimum absolute atomic E-state index is 0.347. The molecular weight excluding hydrogens is 320 g/mol. The molecule has 0 radical (unpaired) electrons. The summed E-state index contributed by atoms with van der Waals surface area (Å²) in [5.74, 6) is 2.34. The molecule has 23 heavy (non-hydrogen) atoms. The standard InChI is InChI=1S/C14H16N4O4S/c1-19-7-11-15-16-14-18(11)17-13(23-14)8-5-9(20-2)12(22-4)10(6-8)21-3/h5-6H,7H2,1-4H3. The van der Waals surface area contributed by atoms with Crippen LogP contribution in [0.1, 0.15) is 5.82 Å². The average molecular weight is 336 g/mol. The molecule has 0 spiro atoms. The summed E-state index contributed by atoms with van der Waals surface area (Å²) < 4.78 is 22.9. The van der Waals surface area contributed by atoms with E-state index in [1.54, 1.807) is 33.0 Å². The average Bonchev–Trinajstić information content (AvgIpc) is 3.15. The zero-order valence-corrected chi connectivity index (χ0v) is 14.0. The highest BCUT2D eigenvalue weighted by molar-refractivity contribution is 7.19. The van der Waals surface area contributed by atoms with Gasteiger partial charge >= 0.3 is 0 Å². The lowest BCUT2D eigenvalue weighted by Gasteiger charge is -2.13. The molecule has 0 fully saturated rings. The zero-order chi connectivity index (χ0) is 16.4. The van der Waals surface area contributed by atoms with Crippen LogP contribution in [0.5, 0.6) is 17.2 Å². The summed E-state index contributed by atoms with van der Waals surface area (Å²) in [6.07, 6.45) is 0. The molecule has 0 aliphatic rings. The number of hydrogen-bond donors (Lipinski definition) is 0. The van der Waals surface area contributed by atoms with E-state index >= 15 is 0 Å². The number of hydrogen-bond acceptors (Lipinski definition) is 8. The van der Waals surface area contributed by atoms with Crippen molar-refractivity contribution in [3.8, 4) is 27.8 Å². The fourth-order valence-electron chi connectivity index (χ4n) is 2.20. The highest BCUT2D eigenvalue weighted by Gasteiger charge is 2.18. The molecule has 2 aromatic heterocycles. The van der Waals surface area contributed by atoms with Crippen molar-refractivity contribution in [2.75, 3.05) is 28.4 Å². The van der Waals surface area contributed by atoms with Crippen LogP contribution >= 0.6 is 11.3 Å². The second-order valence-electron chi connectivity index (χ2n) is 4.56. The second-order valence-corrected chi connectivity index (χ2v) is 5.52. The molecule has 0 aliphatic carbocycles. The van der Waals surface area contributed by atoms with Gasteiger partial charge in [0.25, 0.3) is 0 Å². The van der Waals surface area contributed by atoms with E-state index in [0.717, 1.165) is 10.6 Å². The Morgan fingerprint density at radius 3 is 2.26 bits per heavy atom. The van der Waals surface area contributed by atoms with Crippen LogP contribution in [0, 0.1) is 0 Å². The zero-order valence-electron chi connectivity index (χ0n) is 13.2. The fourth-order valence-corrected chi connectivity index (χ4v) is 3.04. The Hall–Kier alpha value is -2.39. The van der Waals surface area contributed by atoms with Crippen molar-refractivity contribution >= 4 is 16.3 Å². The van der Waals surface area contributed by atoms with Gasteiger partial charge in [0.15, 0.2) is 17.3 Å². The van der Waals surface area contributed by atoms with Gasteiger partial charge in [0.05, 0.1) is 21.3 Å². The van der Waals surface area contributed by atoms with Crippen molar-refractivity contribution in [1.29, 1.82) is 0 Å². The third-order valence-electron chi connectivity index (χ3n) is 3.24. The van der Waals surface area contributed by atoms with Crippen LogP contribution in [-0.4, -0.2) is 48.3 Å². The first-order chi connectivity index (χ1) is 11.2. The Bertz CT molecular complexity index is 804. The highest BCUT2D eigenvalue weighted by Crippen LogP contribution is 2.41. The molecule has 0 N–H and O–H groups in total. The van der Waals surface area contributed by atoms with E-state index in [1.165, 1.54) is 11.3 Å². The molecule has 0 unspecified atom stereocenters. The molecule has 0 bridgehead atoms. The summed E-state index contributed by atoms with van der Waals surface area (Å²) in [6.45, 7) is 0.347. The number of nitrogens with zero attached hydrogens (tertiary/aromatic N) is 4. The van der Waals surface area contributed by atoms with Gasteiger partial charge < -0.3 is 18.9 Å². The van der Waals surface area contributed by atoms with Crippen LogP contribution in [-0.2, 0) is 11.3 Å². The maximum Gasteiger partial charge on any atom is 0.235 e. The number of rotatable bonds is 6. The maximum atomic E-state index is 5.38. The fraction of sp³-hybridized carbons (Fsp3) is 0.357. The van der Waals surface area contributed by atoms with Crippen LogP contribution in [0.15, 0.2) is 12.1 Å². The summed E-state index contributed by atoms with van der Waals surface area (Å²) in [5.41, 5.74) is 0.846. The van der Waals surface area contributed by atoms with Crippen molar-refractivity contribution < 1.29 is 18.9 Å². The lowest BCUT2D eigenvalue weighted by Crippen LogP contribution is -1.98. The molecule has 0 aliphatic heterocycles. The molecule has 3 aromatic rings. The van der Waals surface area contributed by atoms with Crippen LogP contribution < -0.4 is 14.2 Å². The SMILES string of the molecule is COCc1nnc2sc(-c3cc(OC)c(OC)c(OC)c3)nn12. The van der Waals surface area contributed by atoms with E-state index < -0.39 is 0 Å². The van der Waals surface area contributed by atoms with Crippen molar-refractivity contribution in [1.82, 2.24) is 19.8 Å². The quantitative estimate of drug-likeness (QED) is 0.681. The Morgan fingerprint density at radius 1 is 1.00 bits per heavy atom. The summed E-state index contributed by atoms with van der Waals surface area (Å²) in [5, 5.41) is 13.5. The minimum Gasteiger partial charge on any atom is -0.493 e. The summed E-state index contributed by atoms with van der Waals surface area (Å²) in [7, 11) is 6.33. The molecule has 1 aromatic carbocycles. The maximum absolute atomic E-state index is 5.38. The topological polar surface area (TPSA) is 80.0 Å². The van der Waals surface area contributed by atoms with E-state index in [9.17, 15) is 0 Å². The smallest absolute Gasteiger partial charge is 0.235 e. The molecule has 122 valence electrons. The van der Waals surface area contributed by atoms with Crippen molar-refractivity contribution in [2.24, 2.45) is 0 Å². The highest BCUT2D eigenvalue weighted by atomic mass is 32.1.